The number of aromatic amines is 1. The molecule has 1 rings (SSSR count). The fourth-order valence-electron chi connectivity index (χ4n) is 0.812. The van der Waals surface area contributed by atoms with Crippen LogP contribution in [0, 0.1) is 0 Å². The van der Waals surface area contributed by atoms with Crippen molar-refractivity contribution in [3.63, 3.8) is 0 Å². The third kappa shape index (κ3) is 2.96. The Labute approximate surface area is 78.0 Å². The lowest BCUT2D eigenvalue weighted by Gasteiger charge is -2.05. The zero-order valence-electron chi connectivity index (χ0n) is 7.13. The molecular weight excluding hydrogens is 176 g/mol. The van der Waals surface area contributed by atoms with Crippen molar-refractivity contribution in [3.05, 3.63) is 24.0 Å². The van der Waals surface area contributed by atoms with Gasteiger partial charge in [0.05, 0.1) is 0 Å². The Morgan fingerprint density at radius 1 is 1.58 bits per heavy atom. The van der Waals surface area contributed by atoms with E-state index < -0.39 is 0 Å². The average molecular weight is 189 g/mol. The van der Waals surface area contributed by atoms with E-state index in [-0.39, 0.29) is 24.4 Å². The number of carbonyl (C=O) groups is 1. The van der Waals surface area contributed by atoms with Crippen LogP contribution >= 0.6 is 12.4 Å². The zero-order valence-corrected chi connectivity index (χ0v) is 7.94. The van der Waals surface area contributed by atoms with E-state index in [4.69, 9.17) is 0 Å². The van der Waals surface area contributed by atoms with Crippen LogP contribution in [0.1, 0.15) is 24.3 Å². The predicted octanol–water partition coefficient (Wildman–Crippen LogP) is 1.57. The summed E-state index contributed by atoms with van der Waals surface area (Å²) in [6.07, 6.45) is 1.73. The van der Waals surface area contributed by atoms with Crippen molar-refractivity contribution in [2.75, 3.05) is 0 Å². The first kappa shape index (κ1) is 11.0. The maximum atomic E-state index is 11.2. The van der Waals surface area contributed by atoms with E-state index in [9.17, 15) is 4.79 Å². The van der Waals surface area contributed by atoms with E-state index in [0.29, 0.717) is 5.69 Å². The minimum absolute atomic E-state index is 0. The van der Waals surface area contributed by atoms with Gasteiger partial charge in [-0.1, -0.05) is 0 Å². The monoisotopic (exact) mass is 188 g/mol. The van der Waals surface area contributed by atoms with Crippen molar-refractivity contribution in [3.8, 4) is 0 Å². The Morgan fingerprint density at radius 3 is 2.67 bits per heavy atom. The minimum atomic E-state index is -0.0509. The summed E-state index contributed by atoms with van der Waals surface area (Å²) in [6, 6.07) is 3.73. The van der Waals surface area contributed by atoms with Crippen LogP contribution in [-0.2, 0) is 0 Å². The van der Waals surface area contributed by atoms with Gasteiger partial charge in [-0.05, 0) is 26.0 Å². The van der Waals surface area contributed by atoms with Crippen molar-refractivity contribution in [1.29, 1.82) is 0 Å². The van der Waals surface area contributed by atoms with Gasteiger partial charge in [0, 0.05) is 12.2 Å². The summed E-state index contributed by atoms with van der Waals surface area (Å²) in [4.78, 5) is 14.0. The van der Waals surface area contributed by atoms with Crippen molar-refractivity contribution in [2.24, 2.45) is 0 Å². The highest BCUT2D eigenvalue weighted by atomic mass is 35.5. The van der Waals surface area contributed by atoms with Gasteiger partial charge >= 0.3 is 0 Å². The second-order valence-corrected chi connectivity index (χ2v) is 2.71. The topological polar surface area (TPSA) is 44.9 Å². The Hall–Kier alpha value is -0.960. The molecule has 0 spiro atoms. The number of carbonyl (C=O) groups excluding carboxylic acids is 1. The number of aromatic nitrogens is 1. The first-order chi connectivity index (χ1) is 5.20. The molecule has 0 radical (unpaired) electrons. The summed E-state index contributed by atoms with van der Waals surface area (Å²) in [5.41, 5.74) is 0.610. The maximum Gasteiger partial charge on any atom is 0.267 e. The van der Waals surface area contributed by atoms with Gasteiger partial charge in [-0.3, -0.25) is 4.79 Å². The van der Waals surface area contributed by atoms with Gasteiger partial charge in [0.15, 0.2) is 0 Å². The van der Waals surface area contributed by atoms with Gasteiger partial charge in [-0.2, -0.15) is 0 Å². The standard InChI is InChI=1S/C8H12N2O.ClH/c1-6(2)10-8(11)7-4-3-5-9-7;/h3-6,9H,1-2H3,(H,10,11);1H. The van der Waals surface area contributed by atoms with Crippen LogP contribution in [0.4, 0.5) is 0 Å². The van der Waals surface area contributed by atoms with Crippen molar-refractivity contribution in [2.45, 2.75) is 19.9 Å². The zero-order chi connectivity index (χ0) is 8.27. The molecule has 0 saturated heterocycles. The van der Waals surface area contributed by atoms with Gasteiger partial charge in [0.2, 0.25) is 0 Å². The number of hydrogen-bond donors (Lipinski definition) is 2. The van der Waals surface area contributed by atoms with Gasteiger partial charge in [-0.15, -0.1) is 12.4 Å². The van der Waals surface area contributed by atoms with E-state index in [1.807, 2.05) is 13.8 Å². The highest BCUT2D eigenvalue weighted by Crippen LogP contribution is 1.94. The predicted molar refractivity (Wildman–Crippen MR) is 50.6 cm³/mol. The number of H-pyrrole nitrogens is 1. The molecule has 0 bridgehead atoms. The summed E-state index contributed by atoms with van der Waals surface area (Å²) in [6.45, 7) is 3.86. The average Bonchev–Trinajstić information content (AvgIpc) is 2.35. The van der Waals surface area contributed by atoms with E-state index in [0.717, 1.165) is 0 Å². The van der Waals surface area contributed by atoms with Gasteiger partial charge in [-0.25, -0.2) is 0 Å². The Morgan fingerprint density at radius 2 is 2.25 bits per heavy atom. The third-order valence-electron chi connectivity index (χ3n) is 1.26. The third-order valence-corrected chi connectivity index (χ3v) is 1.26. The molecule has 0 saturated carbocycles. The van der Waals surface area contributed by atoms with E-state index in [1.54, 1.807) is 18.3 Å². The van der Waals surface area contributed by atoms with Crippen LogP contribution < -0.4 is 5.32 Å². The first-order valence-electron chi connectivity index (χ1n) is 3.64. The minimum Gasteiger partial charge on any atom is -0.357 e. The highest BCUT2D eigenvalue weighted by molar-refractivity contribution is 5.92. The van der Waals surface area contributed by atoms with Crippen molar-refractivity contribution in [1.82, 2.24) is 10.3 Å². The molecule has 0 unspecified atom stereocenters. The highest BCUT2D eigenvalue weighted by Gasteiger charge is 2.05. The molecule has 0 aromatic carbocycles. The van der Waals surface area contributed by atoms with Crippen molar-refractivity contribution >= 4 is 18.3 Å². The molecular formula is C8H13ClN2O. The largest absolute Gasteiger partial charge is 0.357 e. The number of hydrogen-bond acceptors (Lipinski definition) is 1. The normalized spacial score (nSPS) is 9.25. The van der Waals surface area contributed by atoms with Crippen molar-refractivity contribution < 1.29 is 4.79 Å². The fourth-order valence-corrected chi connectivity index (χ4v) is 0.812. The number of halogens is 1. The van der Waals surface area contributed by atoms with E-state index >= 15 is 0 Å². The van der Waals surface area contributed by atoms with Crippen LogP contribution in [0.3, 0.4) is 0 Å². The smallest absolute Gasteiger partial charge is 0.267 e. The molecule has 1 heterocycles. The van der Waals surface area contributed by atoms with Crippen LogP contribution in [-0.4, -0.2) is 16.9 Å². The molecule has 12 heavy (non-hydrogen) atoms. The Balaban J connectivity index is 0.00000121. The summed E-state index contributed by atoms with van der Waals surface area (Å²) < 4.78 is 0. The molecule has 1 aromatic rings. The summed E-state index contributed by atoms with van der Waals surface area (Å²) in [5, 5.41) is 2.77. The van der Waals surface area contributed by atoms with Gasteiger partial charge < -0.3 is 10.3 Å². The van der Waals surface area contributed by atoms with Crippen LogP contribution in [0.15, 0.2) is 18.3 Å². The van der Waals surface area contributed by atoms with Gasteiger partial charge in [0.1, 0.15) is 5.69 Å². The Kier molecular flexibility index (Phi) is 4.44. The molecule has 4 heteroatoms. The second kappa shape index (κ2) is 4.83. The quantitative estimate of drug-likeness (QED) is 0.727. The lowest BCUT2D eigenvalue weighted by Crippen LogP contribution is -2.30. The summed E-state index contributed by atoms with van der Waals surface area (Å²) >= 11 is 0. The SMILES string of the molecule is CC(C)NC(=O)c1ccc[nH]1.Cl. The molecule has 2 N–H and O–H groups in total. The summed E-state index contributed by atoms with van der Waals surface area (Å²) in [7, 11) is 0. The van der Waals surface area contributed by atoms with Crippen LogP contribution in [0.5, 0.6) is 0 Å². The fraction of sp³-hybridized carbons (Fsp3) is 0.375. The molecule has 1 aromatic heterocycles. The molecule has 0 aliphatic rings. The molecule has 1 amide bonds. The number of nitrogens with one attached hydrogen (secondary N) is 2. The lowest BCUT2D eigenvalue weighted by atomic mass is 10.3. The number of amides is 1. The molecule has 3 nitrogen and oxygen atoms in total. The van der Waals surface area contributed by atoms with Gasteiger partial charge in [0.25, 0.3) is 5.91 Å². The van der Waals surface area contributed by atoms with Crippen LogP contribution in [0.2, 0.25) is 0 Å². The molecule has 0 aliphatic carbocycles. The van der Waals surface area contributed by atoms with E-state index in [1.165, 1.54) is 0 Å². The Bertz CT molecular complexity index is 231. The second-order valence-electron chi connectivity index (χ2n) is 2.71. The van der Waals surface area contributed by atoms with Crippen LogP contribution in [0.25, 0.3) is 0 Å². The number of rotatable bonds is 2. The molecule has 0 atom stereocenters. The maximum absolute atomic E-state index is 11.2. The summed E-state index contributed by atoms with van der Waals surface area (Å²) in [5.74, 6) is -0.0509. The lowest BCUT2D eigenvalue weighted by molar-refractivity contribution is 0.0938. The molecule has 0 fully saturated rings. The van der Waals surface area contributed by atoms with E-state index in [2.05, 4.69) is 10.3 Å². The molecule has 0 aliphatic heterocycles. The first-order valence-corrected chi connectivity index (χ1v) is 3.64. The molecule has 68 valence electrons.